The average molecular weight is 282 g/mol. The van der Waals surface area contributed by atoms with Crippen LogP contribution in [0.5, 0.6) is 0 Å². The summed E-state index contributed by atoms with van der Waals surface area (Å²) in [6, 6.07) is 15.7. The molecule has 0 unspecified atom stereocenters. The first-order valence-electron chi connectivity index (χ1n) is 7.67. The van der Waals surface area contributed by atoms with Crippen LogP contribution in [0.2, 0.25) is 0 Å². The molecule has 20 heavy (non-hydrogen) atoms. The van der Waals surface area contributed by atoms with E-state index in [0.29, 0.717) is 0 Å². The van der Waals surface area contributed by atoms with Crippen LogP contribution in [-0.2, 0) is 12.8 Å². The second-order valence-electron chi connectivity index (χ2n) is 5.49. The Morgan fingerprint density at radius 2 is 1.80 bits per heavy atom. The number of fused-ring (bicyclic) bond motifs is 3. The van der Waals surface area contributed by atoms with E-state index in [1.165, 1.54) is 47.5 Å². The molecule has 1 aliphatic carbocycles. The zero-order valence-electron chi connectivity index (χ0n) is 12.2. The summed E-state index contributed by atoms with van der Waals surface area (Å²) >= 11 is 2.09. The van der Waals surface area contributed by atoms with Crippen LogP contribution < -0.4 is 0 Å². The van der Waals surface area contributed by atoms with Crippen molar-refractivity contribution in [2.45, 2.75) is 32.6 Å². The highest BCUT2D eigenvalue weighted by Gasteiger charge is 2.19. The van der Waals surface area contributed by atoms with Crippen molar-refractivity contribution in [3.8, 4) is 11.1 Å². The standard InChI is InChI=1S/C19H22S/c1-2-12-20-13-6-9-15-8-5-11-18-17-10-4-3-7-16(17)14-19(15)18/h3-5,7-8,10-11H,2,6,9,12-14H2,1H3. The lowest BCUT2D eigenvalue weighted by molar-refractivity contribution is 0.917. The van der Waals surface area contributed by atoms with Gasteiger partial charge in [-0.25, -0.2) is 0 Å². The summed E-state index contributed by atoms with van der Waals surface area (Å²) in [7, 11) is 0. The van der Waals surface area contributed by atoms with Crippen molar-refractivity contribution < 1.29 is 0 Å². The van der Waals surface area contributed by atoms with Crippen LogP contribution in [0.15, 0.2) is 42.5 Å². The highest BCUT2D eigenvalue weighted by Crippen LogP contribution is 2.38. The zero-order valence-corrected chi connectivity index (χ0v) is 13.0. The first kappa shape index (κ1) is 13.8. The molecular weight excluding hydrogens is 260 g/mol. The minimum absolute atomic E-state index is 1.13. The highest BCUT2D eigenvalue weighted by atomic mass is 32.2. The third-order valence-corrected chi connectivity index (χ3v) is 5.31. The van der Waals surface area contributed by atoms with Gasteiger partial charge in [0.15, 0.2) is 0 Å². The minimum Gasteiger partial charge on any atom is -0.162 e. The number of hydrogen-bond donors (Lipinski definition) is 0. The van der Waals surface area contributed by atoms with Gasteiger partial charge in [0.25, 0.3) is 0 Å². The van der Waals surface area contributed by atoms with Crippen LogP contribution >= 0.6 is 11.8 Å². The molecule has 0 amide bonds. The molecule has 0 heterocycles. The van der Waals surface area contributed by atoms with Gasteiger partial charge in [0, 0.05) is 0 Å². The second-order valence-corrected chi connectivity index (χ2v) is 6.72. The lowest BCUT2D eigenvalue weighted by Crippen LogP contribution is -1.94. The Hall–Kier alpha value is -1.21. The third kappa shape index (κ3) is 2.78. The van der Waals surface area contributed by atoms with Crippen molar-refractivity contribution in [3.63, 3.8) is 0 Å². The summed E-state index contributed by atoms with van der Waals surface area (Å²) in [6.07, 6.45) is 4.95. The molecule has 0 bridgehead atoms. The lowest BCUT2D eigenvalue weighted by atomic mass is 9.98. The molecule has 2 aromatic carbocycles. The van der Waals surface area contributed by atoms with Crippen molar-refractivity contribution in [3.05, 3.63) is 59.2 Å². The molecule has 0 saturated carbocycles. The quantitative estimate of drug-likeness (QED) is 0.550. The summed E-state index contributed by atoms with van der Waals surface area (Å²) in [5, 5.41) is 0. The summed E-state index contributed by atoms with van der Waals surface area (Å²) in [4.78, 5) is 0. The van der Waals surface area contributed by atoms with E-state index < -0.39 is 0 Å². The Morgan fingerprint density at radius 1 is 0.950 bits per heavy atom. The van der Waals surface area contributed by atoms with Gasteiger partial charge in [0.05, 0.1) is 0 Å². The Balaban J connectivity index is 1.73. The van der Waals surface area contributed by atoms with E-state index in [-0.39, 0.29) is 0 Å². The third-order valence-electron chi connectivity index (χ3n) is 4.03. The van der Waals surface area contributed by atoms with Gasteiger partial charge in [-0.05, 0) is 65.0 Å². The second kappa shape index (κ2) is 6.49. The average Bonchev–Trinajstić information content (AvgIpc) is 2.87. The molecule has 0 aliphatic heterocycles. The molecule has 0 spiro atoms. The van der Waals surface area contributed by atoms with Crippen LogP contribution in [0.3, 0.4) is 0 Å². The predicted octanol–water partition coefficient (Wildman–Crippen LogP) is 5.33. The number of benzene rings is 2. The van der Waals surface area contributed by atoms with Crippen LogP contribution in [0.1, 0.15) is 36.5 Å². The fourth-order valence-corrected chi connectivity index (χ4v) is 3.91. The lowest BCUT2D eigenvalue weighted by Gasteiger charge is -2.08. The van der Waals surface area contributed by atoms with Gasteiger partial charge in [0.1, 0.15) is 0 Å². The molecule has 2 aromatic rings. The van der Waals surface area contributed by atoms with E-state index >= 15 is 0 Å². The smallest absolute Gasteiger partial charge is 0.00107 e. The Morgan fingerprint density at radius 3 is 2.70 bits per heavy atom. The summed E-state index contributed by atoms with van der Waals surface area (Å²) in [5.74, 6) is 2.60. The van der Waals surface area contributed by atoms with E-state index in [1.54, 1.807) is 11.1 Å². The summed E-state index contributed by atoms with van der Waals surface area (Å²) < 4.78 is 0. The van der Waals surface area contributed by atoms with Crippen LogP contribution in [-0.4, -0.2) is 11.5 Å². The van der Waals surface area contributed by atoms with Gasteiger partial charge in [-0.1, -0.05) is 49.4 Å². The number of aryl methyl sites for hydroxylation is 1. The SMILES string of the molecule is CCCSCCCc1cccc2c1Cc1ccccc1-2. The Bertz CT molecular complexity index is 586. The van der Waals surface area contributed by atoms with Crippen molar-refractivity contribution in [2.75, 3.05) is 11.5 Å². The Labute approximate surface area is 126 Å². The van der Waals surface area contributed by atoms with E-state index in [1.807, 2.05) is 0 Å². The van der Waals surface area contributed by atoms with Crippen molar-refractivity contribution >= 4 is 11.8 Å². The molecule has 1 aliphatic rings. The molecule has 0 nitrogen and oxygen atoms in total. The van der Waals surface area contributed by atoms with E-state index in [2.05, 4.69) is 61.2 Å². The van der Waals surface area contributed by atoms with Crippen LogP contribution in [0.4, 0.5) is 0 Å². The van der Waals surface area contributed by atoms with E-state index in [9.17, 15) is 0 Å². The van der Waals surface area contributed by atoms with Crippen LogP contribution in [0, 0.1) is 0 Å². The Kier molecular flexibility index (Phi) is 4.47. The normalized spacial score (nSPS) is 12.2. The molecule has 104 valence electrons. The maximum Gasteiger partial charge on any atom is -0.00107 e. The van der Waals surface area contributed by atoms with Gasteiger partial charge in [0.2, 0.25) is 0 Å². The van der Waals surface area contributed by atoms with Gasteiger partial charge in [-0.15, -0.1) is 0 Å². The molecule has 0 atom stereocenters. The number of rotatable bonds is 6. The maximum atomic E-state index is 2.33. The first-order chi connectivity index (χ1) is 9.90. The fraction of sp³-hybridized carbons (Fsp3) is 0.368. The minimum atomic E-state index is 1.13. The van der Waals surface area contributed by atoms with Crippen molar-refractivity contribution in [2.24, 2.45) is 0 Å². The van der Waals surface area contributed by atoms with Gasteiger partial charge < -0.3 is 0 Å². The monoisotopic (exact) mass is 282 g/mol. The van der Waals surface area contributed by atoms with Gasteiger partial charge in [-0.3, -0.25) is 0 Å². The maximum absolute atomic E-state index is 2.33. The van der Waals surface area contributed by atoms with Crippen LogP contribution in [0.25, 0.3) is 11.1 Å². The molecule has 0 aromatic heterocycles. The largest absolute Gasteiger partial charge is 0.162 e. The molecule has 0 radical (unpaired) electrons. The van der Waals surface area contributed by atoms with E-state index in [4.69, 9.17) is 0 Å². The molecule has 0 fully saturated rings. The molecular formula is C19H22S. The topological polar surface area (TPSA) is 0 Å². The van der Waals surface area contributed by atoms with Gasteiger partial charge in [-0.2, -0.15) is 11.8 Å². The van der Waals surface area contributed by atoms with E-state index in [0.717, 1.165) is 6.42 Å². The number of thioether (sulfide) groups is 1. The zero-order chi connectivity index (χ0) is 13.8. The predicted molar refractivity (Wildman–Crippen MR) is 90.6 cm³/mol. The first-order valence-corrected chi connectivity index (χ1v) is 8.82. The molecule has 0 saturated heterocycles. The van der Waals surface area contributed by atoms with Crippen molar-refractivity contribution in [1.82, 2.24) is 0 Å². The summed E-state index contributed by atoms with van der Waals surface area (Å²) in [5.41, 5.74) is 7.56. The molecule has 1 heteroatoms. The van der Waals surface area contributed by atoms with Crippen molar-refractivity contribution in [1.29, 1.82) is 0 Å². The highest BCUT2D eigenvalue weighted by molar-refractivity contribution is 7.99. The molecule has 3 rings (SSSR count). The van der Waals surface area contributed by atoms with Gasteiger partial charge >= 0.3 is 0 Å². The molecule has 0 N–H and O–H groups in total. The fourth-order valence-electron chi connectivity index (χ4n) is 3.07. The number of hydrogen-bond acceptors (Lipinski definition) is 1. The summed E-state index contributed by atoms with van der Waals surface area (Å²) in [6.45, 7) is 2.26.